The van der Waals surface area contributed by atoms with Gasteiger partial charge in [-0.05, 0) is 38.5 Å². The molecule has 1 aromatic heterocycles. The zero-order valence-corrected chi connectivity index (χ0v) is 12.6. The summed E-state index contributed by atoms with van der Waals surface area (Å²) in [5, 5.41) is 4.02. The van der Waals surface area contributed by atoms with Gasteiger partial charge in [0.2, 0.25) is 5.89 Å². The maximum atomic E-state index is 12.6. The van der Waals surface area contributed by atoms with Crippen molar-refractivity contribution >= 4 is 5.91 Å². The van der Waals surface area contributed by atoms with Crippen LogP contribution in [-0.2, 0) is 16.0 Å². The average Bonchev–Trinajstić information content (AvgIpc) is 3.18. The first kappa shape index (κ1) is 14.5. The van der Waals surface area contributed by atoms with E-state index in [2.05, 4.69) is 17.1 Å². The van der Waals surface area contributed by atoms with Gasteiger partial charge in [-0.15, -0.1) is 0 Å². The highest BCUT2D eigenvalue weighted by atomic mass is 16.5. The topological polar surface area (TPSA) is 68.5 Å². The molecule has 0 bridgehead atoms. The number of hydrogen-bond acceptors (Lipinski definition) is 5. The molecular formula is C15H23N3O3. The van der Waals surface area contributed by atoms with Gasteiger partial charge in [0.25, 0.3) is 5.91 Å². The molecule has 0 aromatic carbocycles. The minimum atomic E-state index is -0.274. The zero-order valence-electron chi connectivity index (χ0n) is 12.6. The Morgan fingerprint density at radius 1 is 1.33 bits per heavy atom. The third kappa shape index (κ3) is 3.10. The normalized spacial score (nSPS) is 26.2. The Morgan fingerprint density at radius 2 is 2.24 bits per heavy atom. The number of likely N-dealkylation sites (tertiary alicyclic amines) is 1. The summed E-state index contributed by atoms with van der Waals surface area (Å²) in [6.07, 6.45) is 6.34. The van der Waals surface area contributed by atoms with Crippen molar-refractivity contribution in [2.45, 2.75) is 64.0 Å². The van der Waals surface area contributed by atoms with Gasteiger partial charge in [0.05, 0.1) is 0 Å². The third-order valence-corrected chi connectivity index (χ3v) is 4.23. The quantitative estimate of drug-likeness (QED) is 0.851. The molecule has 2 aliphatic rings. The number of rotatable bonds is 4. The lowest BCUT2D eigenvalue weighted by Gasteiger charge is -2.34. The summed E-state index contributed by atoms with van der Waals surface area (Å²) in [6.45, 7) is 3.54. The van der Waals surface area contributed by atoms with Crippen LogP contribution < -0.4 is 0 Å². The van der Waals surface area contributed by atoms with Gasteiger partial charge in [0, 0.05) is 19.6 Å². The number of piperidine rings is 1. The maximum Gasteiger partial charge on any atom is 0.252 e. The van der Waals surface area contributed by atoms with Crippen molar-refractivity contribution in [2.75, 3.05) is 13.2 Å². The highest BCUT2D eigenvalue weighted by Gasteiger charge is 2.36. The molecule has 0 spiro atoms. The molecule has 0 aliphatic carbocycles. The van der Waals surface area contributed by atoms with Crippen molar-refractivity contribution in [3.8, 4) is 0 Å². The van der Waals surface area contributed by atoms with Gasteiger partial charge >= 0.3 is 0 Å². The zero-order chi connectivity index (χ0) is 14.7. The monoisotopic (exact) mass is 293 g/mol. The number of carbonyl (C=O) groups excluding carboxylic acids is 1. The van der Waals surface area contributed by atoms with E-state index in [1.807, 2.05) is 4.90 Å². The van der Waals surface area contributed by atoms with Gasteiger partial charge in [0.15, 0.2) is 5.82 Å². The number of hydrogen-bond donors (Lipinski definition) is 0. The minimum absolute atomic E-state index is 0.0754. The van der Waals surface area contributed by atoms with Gasteiger partial charge in [-0.1, -0.05) is 12.1 Å². The smallest absolute Gasteiger partial charge is 0.252 e. The van der Waals surface area contributed by atoms with E-state index >= 15 is 0 Å². The van der Waals surface area contributed by atoms with Crippen LogP contribution in [-0.4, -0.2) is 40.2 Å². The summed E-state index contributed by atoms with van der Waals surface area (Å²) < 4.78 is 10.9. The molecule has 6 nitrogen and oxygen atoms in total. The summed E-state index contributed by atoms with van der Waals surface area (Å²) in [7, 11) is 0. The SMILES string of the molecule is CCCc1noc(C2CCCCN2C(=O)C2CCCO2)n1. The molecule has 1 aromatic rings. The molecule has 2 fully saturated rings. The highest BCUT2D eigenvalue weighted by molar-refractivity contribution is 5.81. The second-order valence-corrected chi connectivity index (χ2v) is 5.84. The third-order valence-electron chi connectivity index (χ3n) is 4.23. The molecule has 116 valence electrons. The van der Waals surface area contributed by atoms with Gasteiger partial charge in [-0.3, -0.25) is 4.79 Å². The predicted octanol–water partition coefficient (Wildman–Crippen LogP) is 2.25. The number of aryl methyl sites for hydroxylation is 1. The van der Waals surface area contributed by atoms with E-state index in [0.717, 1.165) is 57.3 Å². The molecule has 2 saturated heterocycles. The Labute approximate surface area is 124 Å². The predicted molar refractivity (Wildman–Crippen MR) is 75.6 cm³/mol. The molecule has 3 rings (SSSR count). The lowest BCUT2D eigenvalue weighted by atomic mass is 10.0. The van der Waals surface area contributed by atoms with Crippen LogP contribution in [0.3, 0.4) is 0 Å². The van der Waals surface area contributed by atoms with Gasteiger partial charge in [-0.25, -0.2) is 0 Å². The van der Waals surface area contributed by atoms with Gasteiger partial charge in [0.1, 0.15) is 12.1 Å². The van der Waals surface area contributed by atoms with Crippen molar-refractivity contribution in [1.82, 2.24) is 15.0 Å². The molecule has 0 saturated carbocycles. The fourth-order valence-corrected chi connectivity index (χ4v) is 3.14. The fourth-order valence-electron chi connectivity index (χ4n) is 3.14. The number of nitrogens with zero attached hydrogens (tertiary/aromatic N) is 3. The van der Waals surface area contributed by atoms with Gasteiger partial charge in [-0.2, -0.15) is 4.98 Å². The van der Waals surface area contributed by atoms with Crippen LogP contribution in [0.2, 0.25) is 0 Å². The van der Waals surface area contributed by atoms with E-state index in [4.69, 9.17) is 9.26 Å². The number of aromatic nitrogens is 2. The molecule has 0 N–H and O–H groups in total. The first-order chi connectivity index (χ1) is 10.3. The molecule has 1 amide bonds. The van der Waals surface area contributed by atoms with Crippen LogP contribution in [0.15, 0.2) is 4.52 Å². The van der Waals surface area contributed by atoms with Crippen LogP contribution in [0.5, 0.6) is 0 Å². The van der Waals surface area contributed by atoms with Crippen LogP contribution in [0.25, 0.3) is 0 Å². The van der Waals surface area contributed by atoms with E-state index in [1.54, 1.807) is 0 Å². The summed E-state index contributed by atoms with van der Waals surface area (Å²) in [5.74, 6) is 1.42. The molecule has 2 aliphatic heterocycles. The van der Waals surface area contributed by atoms with E-state index in [9.17, 15) is 4.79 Å². The van der Waals surface area contributed by atoms with Crippen LogP contribution in [0, 0.1) is 0 Å². The standard InChI is InChI=1S/C15H23N3O3/c1-2-6-13-16-14(21-17-13)11-7-3-4-9-18(11)15(19)12-8-5-10-20-12/h11-12H,2-10H2,1H3. The number of amides is 1. The summed E-state index contributed by atoms with van der Waals surface area (Å²) >= 11 is 0. The molecule has 6 heteroatoms. The summed E-state index contributed by atoms with van der Waals surface area (Å²) in [5.41, 5.74) is 0. The molecule has 2 atom stereocenters. The van der Waals surface area contributed by atoms with Crippen molar-refractivity contribution in [3.63, 3.8) is 0 Å². The first-order valence-corrected chi connectivity index (χ1v) is 8.04. The molecular weight excluding hydrogens is 270 g/mol. The molecule has 3 heterocycles. The van der Waals surface area contributed by atoms with E-state index in [1.165, 1.54) is 0 Å². The van der Waals surface area contributed by atoms with Crippen molar-refractivity contribution in [1.29, 1.82) is 0 Å². The Kier molecular flexibility index (Phi) is 4.53. The number of carbonyl (C=O) groups is 1. The average molecular weight is 293 g/mol. The Bertz CT molecular complexity index is 482. The lowest BCUT2D eigenvalue weighted by Crippen LogP contribution is -2.44. The van der Waals surface area contributed by atoms with Crippen molar-refractivity contribution in [3.05, 3.63) is 11.7 Å². The van der Waals surface area contributed by atoms with Gasteiger partial charge < -0.3 is 14.2 Å². The van der Waals surface area contributed by atoms with Crippen LogP contribution >= 0.6 is 0 Å². The van der Waals surface area contributed by atoms with Crippen molar-refractivity contribution in [2.24, 2.45) is 0 Å². The van der Waals surface area contributed by atoms with Crippen molar-refractivity contribution < 1.29 is 14.1 Å². The van der Waals surface area contributed by atoms with Crippen LogP contribution in [0.1, 0.15) is 63.2 Å². The van der Waals surface area contributed by atoms with E-state index in [0.29, 0.717) is 12.5 Å². The van der Waals surface area contributed by atoms with E-state index in [-0.39, 0.29) is 18.1 Å². The van der Waals surface area contributed by atoms with E-state index < -0.39 is 0 Å². The Hall–Kier alpha value is -1.43. The largest absolute Gasteiger partial charge is 0.368 e. The molecule has 21 heavy (non-hydrogen) atoms. The number of ether oxygens (including phenoxy) is 1. The molecule has 0 radical (unpaired) electrons. The fraction of sp³-hybridized carbons (Fsp3) is 0.800. The second-order valence-electron chi connectivity index (χ2n) is 5.84. The maximum absolute atomic E-state index is 12.6. The lowest BCUT2D eigenvalue weighted by molar-refractivity contribution is -0.145. The molecule has 2 unspecified atom stereocenters. The summed E-state index contributed by atoms with van der Waals surface area (Å²) in [4.78, 5) is 19.0. The van der Waals surface area contributed by atoms with Crippen LogP contribution in [0.4, 0.5) is 0 Å². The highest BCUT2D eigenvalue weighted by Crippen LogP contribution is 2.31. The Morgan fingerprint density at radius 3 is 3.00 bits per heavy atom. The Balaban J connectivity index is 1.75. The summed E-state index contributed by atoms with van der Waals surface area (Å²) in [6, 6.07) is -0.0754. The minimum Gasteiger partial charge on any atom is -0.368 e. The second kappa shape index (κ2) is 6.56. The first-order valence-electron chi connectivity index (χ1n) is 8.04.